The number of hydrogen-bond donors (Lipinski definition) is 1. The van der Waals surface area contributed by atoms with Crippen molar-refractivity contribution in [2.24, 2.45) is 17.8 Å². The van der Waals surface area contributed by atoms with Crippen LogP contribution < -0.4 is 14.5 Å². The second kappa shape index (κ2) is 14.0. The molecule has 48 heavy (non-hydrogen) atoms. The summed E-state index contributed by atoms with van der Waals surface area (Å²) in [7, 11) is 3.21. The molecular weight excluding hydrogens is 625 g/mol. The summed E-state index contributed by atoms with van der Waals surface area (Å²) in [4.78, 5) is 36.2. The van der Waals surface area contributed by atoms with Crippen LogP contribution in [-0.2, 0) is 20.5 Å². The number of carbonyl (C=O) groups is 2. The molecule has 3 aromatic rings. The number of benzene rings is 2. The van der Waals surface area contributed by atoms with Gasteiger partial charge in [-0.2, -0.15) is 13.2 Å². The molecule has 0 aliphatic carbocycles. The quantitative estimate of drug-likeness (QED) is 0.319. The van der Waals surface area contributed by atoms with Gasteiger partial charge in [-0.05, 0) is 60.4 Å². The molecule has 6 rings (SSSR count). The zero-order valence-corrected chi connectivity index (χ0v) is 27.1. The predicted octanol–water partition coefficient (Wildman–Crippen LogP) is 5.52. The summed E-state index contributed by atoms with van der Waals surface area (Å²) in [5, 5.41) is 9.50. The summed E-state index contributed by atoms with van der Waals surface area (Å²) in [6, 6.07) is 15.5. The monoisotopic (exact) mass is 666 g/mol. The van der Waals surface area contributed by atoms with Crippen LogP contribution in [0.5, 0.6) is 5.75 Å². The van der Waals surface area contributed by atoms with Crippen molar-refractivity contribution < 1.29 is 37.3 Å². The van der Waals surface area contributed by atoms with Crippen LogP contribution in [0.4, 0.5) is 24.5 Å². The second-order valence-electron chi connectivity index (χ2n) is 13.0. The number of halogens is 3. The maximum absolute atomic E-state index is 14.5. The third kappa shape index (κ3) is 6.94. The van der Waals surface area contributed by atoms with Gasteiger partial charge in [0.05, 0.1) is 31.1 Å². The maximum Gasteiger partial charge on any atom is 0.416 e. The van der Waals surface area contributed by atoms with E-state index in [2.05, 4.69) is 9.88 Å². The highest BCUT2D eigenvalue weighted by Gasteiger charge is 2.45. The van der Waals surface area contributed by atoms with Crippen LogP contribution in [0.15, 0.2) is 67.0 Å². The van der Waals surface area contributed by atoms with Crippen molar-refractivity contribution in [2.75, 3.05) is 69.9 Å². The van der Waals surface area contributed by atoms with Gasteiger partial charge >= 0.3 is 12.1 Å². The Morgan fingerprint density at radius 2 is 1.60 bits per heavy atom. The molecule has 0 radical (unpaired) electrons. The number of rotatable bonds is 9. The Morgan fingerprint density at radius 3 is 2.23 bits per heavy atom. The molecular formula is C36H41F3N4O5. The summed E-state index contributed by atoms with van der Waals surface area (Å²) < 4.78 is 52.8. The van der Waals surface area contributed by atoms with Crippen molar-refractivity contribution in [3.05, 3.63) is 83.7 Å². The van der Waals surface area contributed by atoms with Gasteiger partial charge in [0.2, 0.25) is 5.91 Å². The van der Waals surface area contributed by atoms with E-state index in [0.717, 1.165) is 28.6 Å². The first-order valence-corrected chi connectivity index (χ1v) is 16.3. The number of hydrogen-bond acceptors (Lipinski definition) is 7. The SMILES string of the molecule is COC[C@H]1CN(C(=O)[C@@H]2CN(c3ccncc3)C[C@H]2c2ccc(OC)cc2)C[C@@H]1c1ccc(C(F)(F)F)cc1N1CCC(C(=O)O)CC1. The minimum atomic E-state index is -4.53. The average molecular weight is 667 g/mol. The number of nitrogens with zero attached hydrogens (tertiary/aromatic N) is 4. The topological polar surface area (TPSA) is 95.4 Å². The molecule has 3 aliphatic heterocycles. The highest BCUT2D eigenvalue weighted by Crippen LogP contribution is 2.44. The smallest absolute Gasteiger partial charge is 0.416 e. The van der Waals surface area contributed by atoms with Crippen LogP contribution in [-0.4, -0.2) is 87.0 Å². The van der Waals surface area contributed by atoms with E-state index in [9.17, 15) is 27.9 Å². The van der Waals surface area contributed by atoms with Crippen LogP contribution in [0.3, 0.4) is 0 Å². The van der Waals surface area contributed by atoms with Crippen LogP contribution in [0.2, 0.25) is 0 Å². The zero-order valence-electron chi connectivity index (χ0n) is 27.1. The molecule has 3 saturated heterocycles. The maximum atomic E-state index is 14.5. The van der Waals surface area contributed by atoms with Crippen LogP contribution in [0, 0.1) is 17.8 Å². The van der Waals surface area contributed by atoms with E-state index in [1.807, 2.05) is 46.2 Å². The first-order valence-electron chi connectivity index (χ1n) is 16.3. The number of carboxylic acid groups (broad SMARTS) is 1. The van der Waals surface area contributed by atoms with Gasteiger partial charge in [0.25, 0.3) is 0 Å². The van der Waals surface area contributed by atoms with Crippen LogP contribution >= 0.6 is 0 Å². The van der Waals surface area contributed by atoms with E-state index in [-0.39, 0.29) is 29.6 Å². The Kier molecular flexibility index (Phi) is 9.82. The number of piperidine rings is 1. The molecule has 9 nitrogen and oxygen atoms in total. The van der Waals surface area contributed by atoms with Crippen molar-refractivity contribution in [3.8, 4) is 5.75 Å². The lowest BCUT2D eigenvalue weighted by Crippen LogP contribution is -2.38. The Balaban J connectivity index is 1.30. The predicted molar refractivity (Wildman–Crippen MR) is 174 cm³/mol. The van der Waals surface area contributed by atoms with E-state index in [0.29, 0.717) is 64.4 Å². The number of amides is 1. The van der Waals surface area contributed by atoms with Gasteiger partial charge in [0.1, 0.15) is 5.75 Å². The van der Waals surface area contributed by atoms with Gasteiger partial charge in [-0.15, -0.1) is 0 Å². The molecule has 4 heterocycles. The molecule has 0 spiro atoms. The largest absolute Gasteiger partial charge is 0.497 e. The molecule has 1 amide bonds. The van der Waals surface area contributed by atoms with Gasteiger partial charge in [0.15, 0.2) is 0 Å². The summed E-state index contributed by atoms with van der Waals surface area (Å²) in [6.07, 6.45) is -0.359. The van der Waals surface area contributed by atoms with E-state index < -0.39 is 23.6 Å². The van der Waals surface area contributed by atoms with Crippen molar-refractivity contribution in [2.45, 2.75) is 30.9 Å². The zero-order chi connectivity index (χ0) is 34.0. The number of pyridine rings is 1. The Labute approximate surface area is 278 Å². The summed E-state index contributed by atoms with van der Waals surface area (Å²) in [5.74, 6) is -1.51. The third-order valence-electron chi connectivity index (χ3n) is 10.3. The molecule has 1 aromatic heterocycles. The summed E-state index contributed by atoms with van der Waals surface area (Å²) >= 11 is 0. The lowest BCUT2D eigenvalue weighted by molar-refractivity contribution is -0.142. The summed E-state index contributed by atoms with van der Waals surface area (Å²) in [6.45, 7) is 2.93. The lowest BCUT2D eigenvalue weighted by Gasteiger charge is -2.35. The molecule has 2 aromatic carbocycles. The number of carbonyl (C=O) groups excluding carboxylic acids is 1. The van der Waals surface area contributed by atoms with Gasteiger partial charge in [-0.1, -0.05) is 18.2 Å². The number of ether oxygens (including phenoxy) is 2. The highest BCUT2D eigenvalue weighted by atomic mass is 19.4. The van der Waals surface area contributed by atoms with Crippen molar-refractivity contribution in [1.29, 1.82) is 0 Å². The van der Waals surface area contributed by atoms with Gasteiger partial charge in [-0.3, -0.25) is 14.6 Å². The molecule has 0 bridgehead atoms. The Bertz CT molecular complexity index is 1580. The van der Waals surface area contributed by atoms with Crippen molar-refractivity contribution >= 4 is 23.3 Å². The standard InChI is InChI=1S/C36H41F3N4O5/c1-47-22-25-18-43(20-31(25)29-8-5-26(36(37,38)39)17-33(29)41-15-11-24(12-16-41)35(45)46)34(44)32-21-42(27-9-13-40-14-10-27)19-30(32)23-3-6-28(48-2)7-4-23/h3-10,13-14,17,24-25,30-32H,11-12,15-16,18-22H2,1-2H3,(H,45,46)/t25-,30+,31+,32-/m1/s1. The molecule has 12 heteroatoms. The van der Waals surface area contributed by atoms with Crippen LogP contribution in [0.25, 0.3) is 0 Å². The Morgan fingerprint density at radius 1 is 0.896 bits per heavy atom. The molecule has 3 fully saturated rings. The number of alkyl halides is 3. The Hall–Kier alpha value is -4.32. The first kappa shape index (κ1) is 33.6. The van der Waals surface area contributed by atoms with Crippen molar-refractivity contribution in [3.63, 3.8) is 0 Å². The third-order valence-corrected chi connectivity index (χ3v) is 10.3. The van der Waals surface area contributed by atoms with Gasteiger partial charge in [0, 0.05) is 87.9 Å². The number of aromatic nitrogens is 1. The molecule has 3 aliphatic rings. The summed E-state index contributed by atoms with van der Waals surface area (Å²) in [5.41, 5.74) is 2.45. The van der Waals surface area contributed by atoms with Crippen molar-refractivity contribution in [1.82, 2.24) is 9.88 Å². The minimum absolute atomic E-state index is 0.00621. The van der Waals surface area contributed by atoms with E-state index >= 15 is 0 Å². The first-order chi connectivity index (χ1) is 23.1. The van der Waals surface area contributed by atoms with Gasteiger partial charge in [-0.25, -0.2) is 0 Å². The molecule has 0 unspecified atom stereocenters. The minimum Gasteiger partial charge on any atom is -0.497 e. The molecule has 0 saturated carbocycles. The van der Waals surface area contributed by atoms with Crippen LogP contribution in [0.1, 0.15) is 41.4 Å². The fourth-order valence-electron chi connectivity index (χ4n) is 7.70. The number of methoxy groups -OCH3 is 2. The molecule has 1 N–H and O–H groups in total. The van der Waals surface area contributed by atoms with E-state index in [1.165, 1.54) is 6.07 Å². The highest BCUT2D eigenvalue weighted by molar-refractivity contribution is 5.82. The normalized spacial score (nSPS) is 23.5. The lowest BCUT2D eigenvalue weighted by atomic mass is 9.86. The number of likely N-dealkylation sites (tertiary alicyclic amines) is 1. The molecule has 4 atom stereocenters. The van der Waals surface area contributed by atoms with E-state index in [1.54, 1.807) is 32.7 Å². The number of carboxylic acids is 1. The fraction of sp³-hybridized carbons (Fsp3) is 0.472. The number of anilines is 2. The second-order valence-corrected chi connectivity index (χ2v) is 13.0. The molecule has 256 valence electrons. The van der Waals surface area contributed by atoms with Gasteiger partial charge < -0.3 is 29.3 Å². The number of aliphatic carboxylic acids is 1. The van der Waals surface area contributed by atoms with E-state index in [4.69, 9.17) is 9.47 Å². The fourth-order valence-corrected chi connectivity index (χ4v) is 7.70. The average Bonchev–Trinajstić information content (AvgIpc) is 3.73.